The molecule has 0 aliphatic rings. The van der Waals surface area contributed by atoms with Gasteiger partial charge in [0.05, 0.1) is 29.9 Å². The second kappa shape index (κ2) is 31.1. The number of unbranched alkanes of at least 4 members (excludes halogenated alkanes) is 18. The summed E-state index contributed by atoms with van der Waals surface area (Å²) < 4.78 is 28.8. The number of ketones is 1. The molecule has 9 heteroatoms. The van der Waals surface area contributed by atoms with E-state index in [2.05, 4.69) is 13.8 Å². The van der Waals surface area contributed by atoms with Crippen LogP contribution in [0.25, 0.3) is 0 Å². The normalized spacial score (nSPS) is 11.0. The van der Waals surface area contributed by atoms with Crippen molar-refractivity contribution in [1.82, 2.24) is 0 Å². The number of esters is 3. The minimum Gasteiger partial charge on any atom is -0.494 e. The Hall–Kier alpha value is -6.22. The smallest absolute Gasteiger partial charge is 0.343 e. The Morgan fingerprint density at radius 2 is 0.771 bits per heavy atom. The lowest BCUT2D eigenvalue weighted by molar-refractivity contribution is 0.0723. The van der Waals surface area contributed by atoms with Crippen molar-refractivity contribution in [2.75, 3.05) is 13.2 Å². The third-order valence-electron chi connectivity index (χ3n) is 12.6. The fourth-order valence-corrected chi connectivity index (χ4v) is 8.26. The Labute approximate surface area is 417 Å². The molecular formula is C61H76O9. The molecule has 5 aromatic rings. The Kier molecular flexibility index (Phi) is 24.3. The molecule has 5 aromatic carbocycles. The largest absolute Gasteiger partial charge is 0.494 e. The van der Waals surface area contributed by atoms with Crippen LogP contribution in [0.3, 0.4) is 0 Å². The van der Waals surface area contributed by atoms with Gasteiger partial charge in [0.2, 0.25) is 0 Å². The van der Waals surface area contributed by atoms with Gasteiger partial charge in [-0.25, -0.2) is 14.4 Å². The first-order valence-electron chi connectivity index (χ1n) is 26.1. The Bertz CT molecular complexity index is 2200. The van der Waals surface area contributed by atoms with E-state index in [-0.39, 0.29) is 29.3 Å². The van der Waals surface area contributed by atoms with Gasteiger partial charge in [0.1, 0.15) is 28.7 Å². The summed E-state index contributed by atoms with van der Waals surface area (Å²) in [4.78, 5) is 52.6. The number of hydrogen-bond donors (Lipinski definition) is 0. The molecule has 0 N–H and O–H groups in total. The van der Waals surface area contributed by atoms with Crippen molar-refractivity contribution in [3.63, 3.8) is 0 Å². The fraction of sp³-hybridized carbons (Fsp3) is 0.443. The number of hydrogen-bond acceptors (Lipinski definition) is 9. The van der Waals surface area contributed by atoms with Gasteiger partial charge in [0, 0.05) is 18.1 Å². The van der Waals surface area contributed by atoms with Crippen molar-refractivity contribution < 1.29 is 42.9 Å². The highest BCUT2D eigenvalue weighted by Crippen LogP contribution is 2.26. The summed E-state index contributed by atoms with van der Waals surface area (Å²) in [5, 5.41) is 0. The van der Waals surface area contributed by atoms with Crippen LogP contribution in [0.2, 0.25) is 0 Å². The third kappa shape index (κ3) is 19.6. The zero-order chi connectivity index (χ0) is 49.8. The number of ether oxygens (including phenoxy) is 5. The van der Waals surface area contributed by atoms with Crippen molar-refractivity contribution in [2.45, 2.75) is 163 Å². The van der Waals surface area contributed by atoms with Crippen molar-refractivity contribution >= 4 is 23.7 Å². The molecule has 0 fully saturated rings. The number of aryl methyl sites for hydroxylation is 2. The second-order valence-corrected chi connectivity index (χ2v) is 18.5. The number of rotatable bonds is 33. The monoisotopic (exact) mass is 953 g/mol. The Balaban J connectivity index is 1.01. The summed E-state index contributed by atoms with van der Waals surface area (Å²) in [7, 11) is 0. The van der Waals surface area contributed by atoms with Crippen LogP contribution < -0.4 is 23.7 Å². The van der Waals surface area contributed by atoms with E-state index in [0.29, 0.717) is 47.0 Å². The average molecular weight is 953 g/mol. The maximum absolute atomic E-state index is 13.2. The molecule has 0 spiro atoms. The quantitative estimate of drug-likeness (QED) is 0.0175. The zero-order valence-electron chi connectivity index (χ0n) is 42.3. The molecule has 0 aromatic heterocycles. The first-order chi connectivity index (χ1) is 34.1. The van der Waals surface area contributed by atoms with E-state index in [9.17, 15) is 19.2 Å². The third-order valence-corrected chi connectivity index (χ3v) is 12.6. The fourth-order valence-electron chi connectivity index (χ4n) is 8.26. The lowest BCUT2D eigenvalue weighted by atomic mass is 9.98. The summed E-state index contributed by atoms with van der Waals surface area (Å²) in [6.45, 7) is 9.40. The summed E-state index contributed by atoms with van der Waals surface area (Å²) in [5.41, 5.74) is 3.71. The Morgan fingerprint density at radius 3 is 1.23 bits per heavy atom. The molecule has 0 saturated heterocycles. The van der Waals surface area contributed by atoms with Crippen LogP contribution in [0, 0.1) is 13.8 Å². The predicted molar refractivity (Wildman–Crippen MR) is 279 cm³/mol. The maximum atomic E-state index is 13.2. The van der Waals surface area contributed by atoms with Gasteiger partial charge in [0.15, 0.2) is 5.78 Å². The van der Waals surface area contributed by atoms with Gasteiger partial charge in [0.25, 0.3) is 0 Å². The lowest BCUT2D eigenvalue weighted by Crippen LogP contribution is -2.12. The van der Waals surface area contributed by atoms with Crippen molar-refractivity contribution in [1.29, 1.82) is 0 Å². The highest BCUT2D eigenvalue weighted by Gasteiger charge is 2.17. The highest BCUT2D eigenvalue weighted by atomic mass is 16.5. The van der Waals surface area contributed by atoms with E-state index in [1.807, 2.05) is 19.1 Å². The van der Waals surface area contributed by atoms with Crippen LogP contribution in [0.5, 0.6) is 28.7 Å². The molecule has 0 bridgehead atoms. The van der Waals surface area contributed by atoms with Crippen LogP contribution in [0.4, 0.5) is 0 Å². The molecule has 0 aliphatic heterocycles. The van der Waals surface area contributed by atoms with Gasteiger partial charge in [-0.05, 0) is 134 Å². The SMILES string of the molecule is CCCCCCCCCCCCOc1ccc(C(=O)Cc2ccc(C(=O)Oc3cccc(OC(=O)c4ccc(OC(=O)c5ccc(OCCCCCCCCCCCC)cc5)c(C)c4)c3)cc2C)cc1. The zero-order valence-corrected chi connectivity index (χ0v) is 42.3. The van der Waals surface area contributed by atoms with Gasteiger partial charge in [-0.1, -0.05) is 142 Å². The number of Topliss-reactive ketones (excluding diaryl/α,β-unsaturated/α-hetero) is 1. The number of carbonyl (C=O) groups is 4. The second-order valence-electron chi connectivity index (χ2n) is 18.5. The molecule has 70 heavy (non-hydrogen) atoms. The molecule has 0 radical (unpaired) electrons. The summed E-state index contributed by atoms with van der Waals surface area (Å²) in [6, 6.07) is 30.2. The molecule has 0 aliphatic carbocycles. The van der Waals surface area contributed by atoms with Gasteiger partial charge in [-0.15, -0.1) is 0 Å². The van der Waals surface area contributed by atoms with Crippen molar-refractivity contribution in [3.05, 3.63) is 148 Å². The maximum Gasteiger partial charge on any atom is 0.343 e. The van der Waals surface area contributed by atoms with E-state index in [1.54, 1.807) is 91.9 Å². The molecule has 0 heterocycles. The summed E-state index contributed by atoms with van der Waals surface area (Å²) in [6.07, 6.45) is 25.6. The van der Waals surface area contributed by atoms with Crippen LogP contribution in [-0.2, 0) is 6.42 Å². The van der Waals surface area contributed by atoms with Crippen LogP contribution in [0.1, 0.15) is 200 Å². The molecule has 9 nitrogen and oxygen atoms in total. The Morgan fingerprint density at radius 1 is 0.371 bits per heavy atom. The van der Waals surface area contributed by atoms with Gasteiger partial charge >= 0.3 is 17.9 Å². The van der Waals surface area contributed by atoms with E-state index >= 15 is 0 Å². The molecule has 374 valence electrons. The number of carbonyl (C=O) groups excluding carboxylic acids is 4. The van der Waals surface area contributed by atoms with Crippen LogP contribution in [-0.4, -0.2) is 36.9 Å². The molecular weight excluding hydrogens is 877 g/mol. The molecule has 0 atom stereocenters. The van der Waals surface area contributed by atoms with Gasteiger partial charge < -0.3 is 23.7 Å². The van der Waals surface area contributed by atoms with Crippen molar-refractivity contribution in [2.24, 2.45) is 0 Å². The summed E-state index contributed by atoms with van der Waals surface area (Å²) >= 11 is 0. The minimum atomic E-state index is -0.637. The van der Waals surface area contributed by atoms with E-state index in [4.69, 9.17) is 23.7 Å². The average Bonchev–Trinajstić information content (AvgIpc) is 3.36. The molecule has 0 saturated carbocycles. The van der Waals surface area contributed by atoms with Gasteiger partial charge in [-0.3, -0.25) is 4.79 Å². The van der Waals surface area contributed by atoms with Gasteiger partial charge in [-0.2, -0.15) is 0 Å². The molecule has 0 amide bonds. The van der Waals surface area contributed by atoms with Crippen LogP contribution >= 0.6 is 0 Å². The lowest BCUT2D eigenvalue weighted by Gasteiger charge is -2.11. The topological polar surface area (TPSA) is 114 Å². The first kappa shape index (κ1) is 54.7. The molecule has 0 unspecified atom stereocenters. The van der Waals surface area contributed by atoms with E-state index in [1.165, 1.54) is 121 Å². The standard InChI is InChI=1S/C61H76O9/c1-5-7-9-11-13-15-17-19-21-23-40-66-53-35-30-48(31-36-53)57(62)44-50-28-29-51(42-46(50)3)60(64)68-55-26-25-27-56(45-55)69-61(65)52-34-39-58(47(4)43-52)70-59(63)49-32-37-54(38-33-49)67-41-24-22-20-18-16-14-12-10-8-6-2/h25-39,42-43,45H,5-24,40-41,44H2,1-4H3. The highest BCUT2D eigenvalue weighted by molar-refractivity contribution is 5.98. The van der Waals surface area contributed by atoms with E-state index in [0.717, 1.165) is 36.1 Å². The predicted octanol–water partition coefficient (Wildman–Crippen LogP) is 16.0. The number of benzene rings is 5. The van der Waals surface area contributed by atoms with Crippen LogP contribution in [0.15, 0.2) is 109 Å². The van der Waals surface area contributed by atoms with Crippen molar-refractivity contribution in [3.8, 4) is 28.7 Å². The first-order valence-corrected chi connectivity index (χ1v) is 26.1. The molecule has 5 rings (SSSR count). The van der Waals surface area contributed by atoms with E-state index < -0.39 is 17.9 Å². The minimum absolute atomic E-state index is 0.0297. The summed E-state index contributed by atoms with van der Waals surface area (Å²) in [5.74, 6) is 0.368.